The predicted octanol–water partition coefficient (Wildman–Crippen LogP) is 3.64. The summed E-state index contributed by atoms with van der Waals surface area (Å²) in [6, 6.07) is 6.30. The Kier molecular flexibility index (Phi) is 4.69. The maximum atomic E-state index is 11.9. The van der Waals surface area contributed by atoms with Gasteiger partial charge < -0.3 is 10.3 Å². The summed E-state index contributed by atoms with van der Waals surface area (Å²) in [5, 5.41) is 12.9. The van der Waals surface area contributed by atoms with Crippen LogP contribution in [-0.2, 0) is 4.79 Å². The molecule has 132 valence electrons. The van der Waals surface area contributed by atoms with E-state index < -0.39 is 0 Å². The molecular weight excluding hydrogens is 334 g/mol. The molecule has 0 unspecified atom stereocenters. The Hall–Kier alpha value is -2.15. The first kappa shape index (κ1) is 17.7. The monoisotopic (exact) mass is 357 g/mol. The number of carbonyl (C=O) groups is 1. The van der Waals surface area contributed by atoms with Gasteiger partial charge in [0.15, 0.2) is 5.65 Å². The molecule has 1 amide bonds. The number of thioether (sulfide) groups is 1. The molecule has 0 atom stereocenters. The van der Waals surface area contributed by atoms with Crippen molar-refractivity contribution in [3.05, 3.63) is 23.8 Å². The van der Waals surface area contributed by atoms with Crippen LogP contribution in [0.25, 0.3) is 22.1 Å². The molecule has 0 bridgehead atoms. The lowest BCUT2D eigenvalue weighted by atomic mass is 10.0. The molecule has 3 aromatic rings. The van der Waals surface area contributed by atoms with Gasteiger partial charge in [0.1, 0.15) is 5.52 Å². The average Bonchev–Trinajstić information content (AvgIpc) is 2.88. The Balaban J connectivity index is 1.83. The number of H-pyrrole nitrogens is 1. The van der Waals surface area contributed by atoms with Crippen molar-refractivity contribution >= 4 is 39.7 Å². The van der Waals surface area contributed by atoms with Gasteiger partial charge in [-0.1, -0.05) is 31.7 Å². The zero-order valence-corrected chi connectivity index (χ0v) is 16.0. The zero-order chi connectivity index (χ0) is 18.2. The van der Waals surface area contributed by atoms with Crippen molar-refractivity contribution in [1.29, 1.82) is 0 Å². The summed E-state index contributed by atoms with van der Waals surface area (Å²) >= 11 is 1.29. The van der Waals surface area contributed by atoms with Crippen LogP contribution < -0.4 is 5.32 Å². The second-order valence-electron chi connectivity index (χ2n) is 7.46. The van der Waals surface area contributed by atoms with Crippen molar-refractivity contribution in [2.45, 2.75) is 51.2 Å². The van der Waals surface area contributed by atoms with E-state index >= 15 is 0 Å². The Labute approximate surface area is 151 Å². The van der Waals surface area contributed by atoms with E-state index in [-0.39, 0.29) is 17.2 Å². The van der Waals surface area contributed by atoms with Crippen molar-refractivity contribution < 1.29 is 4.79 Å². The van der Waals surface area contributed by atoms with Crippen LogP contribution in [-0.4, -0.2) is 37.4 Å². The van der Waals surface area contributed by atoms with Crippen molar-refractivity contribution in [2.24, 2.45) is 0 Å². The Morgan fingerprint density at radius 2 is 2.04 bits per heavy atom. The summed E-state index contributed by atoms with van der Waals surface area (Å²) in [5.41, 5.74) is 3.47. The Morgan fingerprint density at radius 1 is 1.28 bits per heavy atom. The molecule has 1 aromatic carbocycles. The zero-order valence-electron chi connectivity index (χ0n) is 15.2. The molecule has 0 saturated carbocycles. The van der Waals surface area contributed by atoms with Crippen LogP contribution >= 0.6 is 11.8 Å². The lowest BCUT2D eigenvalue weighted by Gasteiger charge is -2.20. The largest absolute Gasteiger partial charge is 0.351 e. The summed E-state index contributed by atoms with van der Waals surface area (Å²) in [5.74, 6) is 0.674. The van der Waals surface area contributed by atoms with Gasteiger partial charge in [-0.15, -0.1) is 10.2 Å². The van der Waals surface area contributed by atoms with Crippen molar-refractivity contribution in [1.82, 2.24) is 25.5 Å². The molecule has 0 aliphatic rings. The van der Waals surface area contributed by atoms with E-state index in [2.05, 4.69) is 57.5 Å². The van der Waals surface area contributed by atoms with Crippen LogP contribution in [0.15, 0.2) is 23.4 Å². The van der Waals surface area contributed by atoms with Crippen LogP contribution in [0.4, 0.5) is 0 Å². The fourth-order valence-electron chi connectivity index (χ4n) is 2.58. The molecular formula is C18H23N5OS. The number of fused-ring (bicyclic) bond motifs is 3. The van der Waals surface area contributed by atoms with Gasteiger partial charge in [0.25, 0.3) is 0 Å². The van der Waals surface area contributed by atoms with Crippen molar-refractivity contribution in [3.8, 4) is 0 Å². The third-order valence-electron chi connectivity index (χ3n) is 3.73. The Bertz CT molecular complexity index is 926. The van der Waals surface area contributed by atoms with E-state index in [4.69, 9.17) is 0 Å². The number of nitrogens with zero attached hydrogens (tertiary/aromatic N) is 3. The van der Waals surface area contributed by atoms with E-state index in [1.54, 1.807) is 0 Å². The third kappa shape index (κ3) is 4.10. The van der Waals surface area contributed by atoms with Gasteiger partial charge >= 0.3 is 0 Å². The Morgan fingerprint density at radius 3 is 2.72 bits per heavy atom. The van der Waals surface area contributed by atoms with Crippen LogP contribution in [0.1, 0.15) is 46.1 Å². The normalized spacial score (nSPS) is 12.2. The molecule has 2 N–H and O–H groups in total. The lowest BCUT2D eigenvalue weighted by molar-refractivity contribution is -0.119. The van der Waals surface area contributed by atoms with Gasteiger partial charge in [0.05, 0.1) is 5.75 Å². The SMILES string of the molecule is CC(C)c1ccc2[nH]c3nc(SCC(=O)NC(C)(C)C)nnc3c2c1. The highest BCUT2D eigenvalue weighted by Crippen LogP contribution is 2.27. The number of rotatable bonds is 4. The molecule has 6 nitrogen and oxygen atoms in total. The molecule has 0 spiro atoms. The summed E-state index contributed by atoms with van der Waals surface area (Å²) in [7, 11) is 0. The lowest BCUT2D eigenvalue weighted by Crippen LogP contribution is -2.41. The minimum Gasteiger partial charge on any atom is -0.351 e. The van der Waals surface area contributed by atoms with Gasteiger partial charge in [0, 0.05) is 16.4 Å². The number of nitrogens with one attached hydrogen (secondary N) is 2. The summed E-state index contributed by atoms with van der Waals surface area (Å²) in [6.45, 7) is 10.2. The molecule has 2 heterocycles. The third-order valence-corrected chi connectivity index (χ3v) is 4.57. The topological polar surface area (TPSA) is 83.6 Å². The van der Waals surface area contributed by atoms with E-state index in [0.29, 0.717) is 16.7 Å². The van der Waals surface area contributed by atoms with Crippen molar-refractivity contribution in [3.63, 3.8) is 0 Å². The molecule has 3 rings (SSSR count). The number of hydrogen-bond acceptors (Lipinski definition) is 5. The summed E-state index contributed by atoms with van der Waals surface area (Å²) < 4.78 is 0. The molecule has 0 aliphatic heterocycles. The second-order valence-corrected chi connectivity index (χ2v) is 8.41. The van der Waals surface area contributed by atoms with Gasteiger partial charge in [0.2, 0.25) is 11.1 Å². The van der Waals surface area contributed by atoms with Crippen LogP contribution in [0, 0.1) is 0 Å². The maximum Gasteiger partial charge on any atom is 0.230 e. The summed E-state index contributed by atoms with van der Waals surface area (Å²) in [6.07, 6.45) is 0. The van der Waals surface area contributed by atoms with Crippen LogP contribution in [0.3, 0.4) is 0 Å². The van der Waals surface area contributed by atoms with Gasteiger partial charge in [-0.2, -0.15) is 0 Å². The highest BCUT2D eigenvalue weighted by atomic mass is 32.2. The smallest absolute Gasteiger partial charge is 0.230 e. The molecule has 25 heavy (non-hydrogen) atoms. The fourth-order valence-corrected chi connectivity index (χ4v) is 3.17. The molecule has 0 fully saturated rings. The predicted molar refractivity (Wildman–Crippen MR) is 102 cm³/mol. The number of benzene rings is 1. The molecule has 0 saturated heterocycles. The van der Waals surface area contributed by atoms with Gasteiger partial charge in [-0.05, 0) is 44.4 Å². The standard InChI is InChI=1S/C18H23N5OS/c1-10(2)11-6-7-13-12(8-11)15-16(19-13)20-17(23-22-15)25-9-14(24)21-18(3,4)5/h6-8,10H,9H2,1-5H3,(H,21,24)(H,19,20,23). The number of aromatic amines is 1. The number of amides is 1. The first-order chi connectivity index (χ1) is 11.7. The van der Waals surface area contributed by atoms with Crippen molar-refractivity contribution in [2.75, 3.05) is 5.75 Å². The average molecular weight is 357 g/mol. The highest BCUT2D eigenvalue weighted by Gasteiger charge is 2.15. The molecule has 0 radical (unpaired) electrons. The molecule has 7 heteroatoms. The highest BCUT2D eigenvalue weighted by molar-refractivity contribution is 7.99. The number of aromatic nitrogens is 4. The van der Waals surface area contributed by atoms with E-state index in [1.165, 1.54) is 17.3 Å². The van der Waals surface area contributed by atoms with Gasteiger partial charge in [-0.25, -0.2) is 4.98 Å². The van der Waals surface area contributed by atoms with Crippen LogP contribution in [0.2, 0.25) is 0 Å². The first-order valence-corrected chi connectivity index (χ1v) is 9.31. The molecule has 2 aromatic heterocycles. The number of hydrogen-bond donors (Lipinski definition) is 2. The van der Waals surface area contributed by atoms with E-state index in [9.17, 15) is 4.79 Å². The second kappa shape index (κ2) is 6.63. The van der Waals surface area contributed by atoms with E-state index in [1.807, 2.05) is 20.8 Å². The summed E-state index contributed by atoms with van der Waals surface area (Å²) in [4.78, 5) is 19.7. The minimum atomic E-state index is -0.244. The van der Waals surface area contributed by atoms with E-state index in [0.717, 1.165) is 16.4 Å². The maximum absolute atomic E-state index is 11.9. The van der Waals surface area contributed by atoms with Gasteiger partial charge in [-0.3, -0.25) is 4.79 Å². The number of carbonyl (C=O) groups excluding carboxylic acids is 1. The quantitative estimate of drug-likeness (QED) is 0.697. The molecule has 0 aliphatic carbocycles. The van der Waals surface area contributed by atoms with Crippen LogP contribution in [0.5, 0.6) is 0 Å². The first-order valence-electron chi connectivity index (χ1n) is 8.33. The minimum absolute atomic E-state index is 0.0422. The fraction of sp³-hybridized carbons (Fsp3) is 0.444.